The number of benzene rings is 2. The number of aliphatic hydroxyl groups excluding tert-OH is 1. The summed E-state index contributed by atoms with van der Waals surface area (Å²) in [7, 11) is 0. The van der Waals surface area contributed by atoms with Crippen molar-refractivity contribution in [3.05, 3.63) is 59.8 Å². The predicted molar refractivity (Wildman–Crippen MR) is 89.9 cm³/mol. The summed E-state index contributed by atoms with van der Waals surface area (Å²) in [5.41, 5.74) is 6.05. The first-order valence-corrected chi connectivity index (χ1v) is 7.88. The zero-order chi connectivity index (χ0) is 14.9. The van der Waals surface area contributed by atoms with Gasteiger partial charge in [-0.1, -0.05) is 30.3 Å². The highest BCUT2D eigenvalue weighted by atomic mass is 16.3. The smallest absolute Gasteiger partial charge is 0.0682 e. The molecule has 0 atom stereocenters. The molecule has 0 unspecified atom stereocenters. The van der Waals surface area contributed by atoms with Crippen LogP contribution in [0.15, 0.2) is 48.5 Å². The van der Waals surface area contributed by atoms with Crippen LogP contribution in [0.1, 0.15) is 11.3 Å². The first-order chi connectivity index (χ1) is 10.8. The van der Waals surface area contributed by atoms with Gasteiger partial charge in [0.25, 0.3) is 0 Å². The number of nitrogens with zero attached hydrogens (tertiary/aromatic N) is 1. The molecule has 3 heteroatoms. The second kappa shape index (κ2) is 5.59. The first kappa shape index (κ1) is 13.6. The lowest BCUT2D eigenvalue weighted by atomic mass is 10.0. The van der Waals surface area contributed by atoms with Crippen molar-refractivity contribution in [2.45, 2.75) is 19.6 Å². The lowest BCUT2D eigenvalue weighted by Gasteiger charge is -2.08. The average Bonchev–Trinajstić information content (AvgIpc) is 2.75. The molecule has 2 aromatic carbocycles. The van der Waals surface area contributed by atoms with Crippen LogP contribution >= 0.6 is 0 Å². The van der Waals surface area contributed by atoms with Crippen LogP contribution in [0.25, 0.3) is 22.0 Å². The molecule has 0 fully saturated rings. The summed E-state index contributed by atoms with van der Waals surface area (Å²) in [6.45, 7) is 3.20. The Balaban J connectivity index is 1.84. The third-order valence-electron chi connectivity index (χ3n) is 4.50. The summed E-state index contributed by atoms with van der Waals surface area (Å²) < 4.78 is 2.44. The number of hydrogen-bond donors (Lipinski definition) is 2. The zero-order valence-corrected chi connectivity index (χ0v) is 12.5. The summed E-state index contributed by atoms with van der Waals surface area (Å²) in [5, 5.41) is 14.1. The molecule has 1 aliphatic heterocycles. The standard InChI is InChI=1S/C19H20N2O/c22-13-14-2-1-3-15(10-14)16-4-5-17-11-18-6-7-20-8-9-21(18)19(17)12-16/h1-5,10-12,20,22H,6-9,13H2. The van der Waals surface area contributed by atoms with E-state index < -0.39 is 0 Å². The maximum Gasteiger partial charge on any atom is 0.0682 e. The van der Waals surface area contributed by atoms with E-state index in [9.17, 15) is 5.11 Å². The Labute approximate surface area is 130 Å². The second-order valence-electron chi connectivity index (χ2n) is 5.92. The van der Waals surface area contributed by atoms with E-state index in [2.05, 4.69) is 46.3 Å². The van der Waals surface area contributed by atoms with Gasteiger partial charge in [-0.25, -0.2) is 0 Å². The largest absolute Gasteiger partial charge is 0.392 e. The van der Waals surface area contributed by atoms with Gasteiger partial charge in [0.1, 0.15) is 0 Å². The van der Waals surface area contributed by atoms with Crippen LogP contribution in [0.2, 0.25) is 0 Å². The molecule has 0 aliphatic carbocycles. The van der Waals surface area contributed by atoms with Gasteiger partial charge in [-0.2, -0.15) is 0 Å². The van der Waals surface area contributed by atoms with E-state index in [1.165, 1.54) is 22.2 Å². The summed E-state index contributed by atoms with van der Waals surface area (Å²) in [6.07, 6.45) is 1.09. The number of rotatable bonds is 2. The van der Waals surface area contributed by atoms with Gasteiger partial charge in [0, 0.05) is 37.3 Å². The quantitative estimate of drug-likeness (QED) is 0.762. The van der Waals surface area contributed by atoms with E-state index in [0.29, 0.717) is 0 Å². The minimum absolute atomic E-state index is 0.0856. The molecular weight excluding hydrogens is 272 g/mol. The molecule has 112 valence electrons. The van der Waals surface area contributed by atoms with Crippen molar-refractivity contribution in [1.82, 2.24) is 9.88 Å². The second-order valence-corrected chi connectivity index (χ2v) is 5.92. The van der Waals surface area contributed by atoms with Gasteiger partial charge in [-0.05, 0) is 40.3 Å². The number of hydrogen-bond acceptors (Lipinski definition) is 2. The summed E-state index contributed by atoms with van der Waals surface area (Å²) in [4.78, 5) is 0. The number of nitrogens with one attached hydrogen (secondary N) is 1. The third kappa shape index (κ3) is 2.32. The molecule has 0 saturated heterocycles. The highest BCUT2D eigenvalue weighted by Crippen LogP contribution is 2.28. The van der Waals surface area contributed by atoms with Crippen molar-refractivity contribution in [3.63, 3.8) is 0 Å². The van der Waals surface area contributed by atoms with Crippen LogP contribution < -0.4 is 5.32 Å². The highest BCUT2D eigenvalue weighted by molar-refractivity contribution is 5.86. The minimum atomic E-state index is 0.0856. The summed E-state index contributed by atoms with van der Waals surface area (Å²) >= 11 is 0. The first-order valence-electron chi connectivity index (χ1n) is 7.88. The Bertz CT molecular complexity index is 819. The molecule has 2 heterocycles. The third-order valence-corrected chi connectivity index (χ3v) is 4.50. The van der Waals surface area contributed by atoms with Crippen molar-refractivity contribution in [1.29, 1.82) is 0 Å². The fourth-order valence-electron chi connectivity index (χ4n) is 3.34. The number of aromatic nitrogens is 1. The van der Waals surface area contributed by atoms with Gasteiger partial charge < -0.3 is 15.0 Å². The Morgan fingerprint density at radius 2 is 1.91 bits per heavy atom. The van der Waals surface area contributed by atoms with E-state index >= 15 is 0 Å². The molecule has 3 aromatic rings. The van der Waals surface area contributed by atoms with E-state index in [-0.39, 0.29) is 6.61 Å². The molecule has 3 nitrogen and oxygen atoms in total. The van der Waals surface area contributed by atoms with Crippen LogP contribution in [0, 0.1) is 0 Å². The molecule has 0 saturated carbocycles. The van der Waals surface area contributed by atoms with Crippen molar-refractivity contribution >= 4 is 10.9 Å². The van der Waals surface area contributed by atoms with Crippen LogP contribution in [0.5, 0.6) is 0 Å². The topological polar surface area (TPSA) is 37.2 Å². The lowest BCUT2D eigenvalue weighted by molar-refractivity contribution is 0.282. The molecule has 22 heavy (non-hydrogen) atoms. The van der Waals surface area contributed by atoms with E-state index in [4.69, 9.17) is 0 Å². The summed E-state index contributed by atoms with van der Waals surface area (Å²) in [6, 6.07) is 17.1. The predicted octanol–water partition coefficient (Wildman–Crippen LogP) is 2.95. The molecule has 0 amide bonds. The lowest BCUT2D eigenvalue weighted by Crippen LogP contribution is -2.17. The van der Waals surface area contributed by atoms with E-state index in [1.54, 1.807) is 0 Å². The Morgan fingerprint density at radius 3 is 2.82 bits per heavy atom. The number of aliphatic hydroxyl groups is 1. The molecule has 1 aliphatic rings. The van der Waals surface area contributed by atoms with Crippen molar-refractivity contribution in [2.24, 2.45) is 0 Å². The van der Waals surface area contributed by atoms with Crippen molar-refractivity contribution in [3.8, 4) is 11.1 Å². The molecule has 2 N–H and O–H groups in total. The molecule has 1 aromatic heterocycles. The molecular formula is C19H20N2O. The van der Waals surface area contributed by atoms with Gasteiger partial charge in [-0.3, -0.25) is 0 Å². The summed E-state index contributed by atoms with van der Waals surface area (Å²) in [5.74, 6) is 0. The van der Waals surface area contributed by atoms with Gasteiger partial charge in [-0.15, -0.1) is 0 Å². The van der Waals surface area contributed by atoms with Gasteiger partial charge >= 0.3 is 0 Å². The molecule has 0 spiro atoms. The average molecular weight is 292 g/mol. The number of fused-ring (bicyclic) bond motifs is 3. The molecule has 0 bridgehead atoms. The van der Waals surface area contributed by atoms with Gasteiger partial charge in [0.15, 0.2) is 0 Å². The maximum absolute atomic E-state index is 9.33. The minimum Gasteiger partial charge on any atom is -0.392 e. The maximum atomic E-state index is 9.33. The van der Waals surface area contributed by atoms with E-state index in [1.807, 2.05) is 12.1 Å². The monoisotopic (exact) mass is 292 g/mol. The Morgan fingerprint density at radius 1 is 1.00 bits per heavy atom. The van der Waals surface area contributed by atoms with Gasteiger partial charge in [0.2, 0.25) is 0 Å². The molecule has 4 rings (SSSR count). The zero-order valence-electron chi connectivity index (χ0n) is 12.5. The Hall–Kier alpha value is -2.10. The van der Waals surface area contributed by atoms with Crippen LogP contribution in [-0.2, 0) is 19.6 Å². The SMILES string of the molecule is OCc1cccc(-c2ccc3cc4n(c3c2)CCNCC4)c1. The Kier molecular flexibility index (Phi) is 3.45. The normalized spacial score (nSPS) is 14.8. The van der Waals surface area contributed by atoms with Crippen LogP contribution in [0.3, 0.4) is 0 Å². The molecule has 0 radical (unpaired) electrons. The van der Waals surface area contributed by atoms with Crippen molar-refractivity contribution in [2.75, 3.05) is 13.1 Å². The highest BCUT2D eigenvalue weighted by Gasteiger charge is 2.12. The van der Waals surface area contributed by atoms with Crippen molar-refractivity contribution < 1.29 is 5.11 Å². The van der Waals surface area contributed by atoms with Gasteiger partial charge in [0.05, 0.1) is 6.61 Å². The van der Waals surface area contributed by atoms with Crippen LogP contribution in [0.4, 0.5) is 0 Å². The van der Waals surface area contributed by atoms with Crippen LogP contribution in [-0.4, -0.2) is 22.8 Å². The van der Waals surface area contributed by atoms with E-state index in [0.717, 1.165) is 37.2 Å². The fourth-order valence-corrected chi connectivity index (χ4v) is 3.34. The fraction of sp³-hybridized carbons (Fsp3) is 0.263.